The number of nitrogens with zero attached hydrogens (tertiary/aromatic N) is 2. The topological polar surface area (TPSA) is 99.0 Å². The van der Waals surface area contributed by atoms with Gasteiger partial charge in [0.2, 0.25) is 6.10 Å². The summed E-state index contributed by atoms with van der Waals surface area (Å²) >= 11 is 0. The molecule has 0 aromatic heterocycles. The van der Waals surface area contributed by atoms with Crippen molar-refractivity contribution in [1.82, 2.24) is 4.90 Å². The fraction of sp³-hybridized carbons (Fsp3) is 0.300. The van der Waals surface area contributed by atoms with Gasteiger partial charge < -0.3 is 14.4 Å². The predicted octanol–water partition coefficient (Wildman–Crippen LogP) is 2.66. The van der Waals surface area contributed by atoms with Gasteiger partial charge in [0.05, 0.1) is 23.7 Å². The molecule has 1 saturated heterocycles. The minimum atomic E-state index is -1.13. The fourth-order valence-electron chi connectivity index (χ4n) is 3.05. The number of nitro groups is 1. The summed E-state index contributed by atoms with van der Waals surface area (Å²) in [6, 6.07) is 12.9. The molecule has 0 bridgehead atoms. The zero-order chi connectivity index (χ0) is 20.1. The fourth-order valence-corrected chi connectivity index (χ4v) is 3.05. The van der Waals surface area contributed by atoms with E-state index in [4.69, 9.17) is 9.47 Å². The largest absolute Gasteiger partial charge is 0.444 e. The quantitative estimate of drug-likeness (QED) is 0.446. The van der Waals surface area contributed by atoms with Crippen molar-refractivity contribution in [2.75, 3.05) is 26.3 Å². The molecule has 2 aromatic rings. The van der Waals surface area contributed by atoms with Gasteiger partial charge in [0.25, 0.3) is 11.6 Å². The van der Waals surface area contributed by atoms with Gasteiger partial charge >= 0.3 is 5.97 Å². The number of carbonyl (C=O) groups excluding carboxylic acids is 2. The van der Waals surface area contributed by atoms with E-state index in [9.17, 15) is 19.7 Å². The third kappa shape index (κ3) is 4.17. The number of esters is 1. The Labute approximate surface area is 161 Å². The molecule has 0 aliphatic carbocycles. The maximum atomic E-state index is 13.0. The highest BCUT2D eigenvalue weighted by Crippen LogP contribution is 2.26. The summed E-state index contributed by atoms with van der Waals surface area (Å²) < 4.78 is 10.8. The molecule has 0 N–H and O–H groups in total. The average molecular weight is 384 g/mol. The SMILES string of the molecule is Cc1c(C(=O)O[C@H](C(=O)N2CCOCC2)c2ccccc2)cccc1[N+](=O)[O-]. The van der Waals surface area contributed by atoms with Crippen LogP contribution < -0.4 is 0 Å². The van der Waals surface area contributed by atoms with Crippen LogP contribution in [0.2, 0.25) is 0 Å². The van der Waals surface area contributed by atoms with Crippen LogP contribution >= 0.6 is 0 Å². The molecule has 0 unspecified atom stereocenters. The van der Waals surface area contributed by atoms with Crippen LogP contribution in [-0.4, -0.2) is 48.0 Å². The van der Waals surface area contributed by atoms with Gasteiger partial charge in [0, 0.05) is 30.3 Å². The molecule has 1 aliphatic rings. The third-order valence-electron chi connectivity index (χ3n) is 4.60. The number of nitro benzene ring substituents is 1. The lowest BCUT2D eigenvalue weighted by Crippen LogP contribution is -2.44. The molecule has 1 aliphatic heterocycles. The van der Waals surface area contributed by atoms with Gasteiger partial charge in [-0.05, 0) is 13.0 Å². The summed E-state index contributed by atoms with van der Waals surface area (Å²) in [5, 5.41) is 11.1. The maximum absolute atomic E-state index is 13.0. The standard InChI is InChI=1S/C20H20N2O6/c1-14-16(8-5-9-17(14)22(25)26)20(24)28-18(15-6-3-2-4-7-15)19(23)21-10-12-27-13-11-21/h2-9,18H,10-13H2,1H3/t18-/m0/s1. The Balaban J connectivity index is 1.89. The molecule has 146 valence electrons. The van der Waals surface area contributed by atoms with Crippen molar-refractivity contribution < 1.29 is 24.0 Å². The highest BCUT2D eigenvalue weighted by molar-refractivity contribution is 5.94. The van der Waals surface area contributed by atoms with E-state index in [-0.39, 0.29) is 22.7 Å². The van der Waals surface area contributed by atoms with Crippen LogP contribution in [0.4, 0.5) is 5.69 Å². The maximum Gasteiger partial charge on any atom is 0.339 e. The van der Waals surface area contributed by atoms with Gasteiger partial charge in [0.15, 0.2) is 0 Å². The van der Waals surface area contributed by atoms with Crippen molar-refractivity contribution in [2.24, 2.45) is 0 Å². The molecule has 2 aromatic carbocycles. The number of morpholine rings is 1. The number of rotatable bonds is 5. The Kier molecular flexibility index (Phi) is 6.00. The molecule has 8 heteroatoms. The molecule has 8 nitrogen and oxygen atoms in total. The summed E-state index contributed by atoms with van der Waals surface area (Å²) in [4.78, 5) is 38.0. The van der Waals surface area contributed by atoms with Crippen LogP contribution in [0.5, 0.6) is 0 Å². The van der Waals surface area contributed by atoms with E-state index < -0.39 is 17.0 Å². The highest BCUT2D eigenvalue weighted by atomic mass is 16.6. The van der Waals surface area contributed by atoms with Crippen LogP contribution in [0.15, 0.2) is 48.5 Å². The first-order valence-electron chi connectivity index (χ1n) is 8.85. The molecule has 1 amide bonds. The van der Waals surface area contributed by atoms with Crippen LogP contribution in [0.3, 0.4) is 0 Å². The zero-order valence-corrected chi connectivity index (χ0v) is 15.4. The molecule has 1 fully saturated rings. The lowest BCUT2D eigenvalue weighted by atomic mass is 10.1. The van der Waals surface area contributed by atoms with Crippen molar-refractivity contribution in [1.29, 1.82) is 0 Å². The molecule has 1 atom stereocenters. The van der Waals surface area contributed by atoms with Gasteiger partial charge in [-0.3, -0.25) is 14.9 Å². The molecule has 3 rings (SSSR count). The molecule has 0 spiro atoms. The van der Waals surface area contributed by atoms with Crippen molar-refractivity contribution in [3.63, 3.8) is 0 Å². The van der Waals surface area contributed by atoms with Gasteiger partial charge in [-0.1, -0.05) is 36.4 Å². The Morgan fingerprint density at radius 3 is 2.43 bits per heavy atom. The number of benzene rings is 2. The van der Waals surface area contributed by atoms with E-state index in [1.165, 1.54) is 25.1 Å². The van der Waals surface area contributed by atoms with E-state index in [0.717, 1.165) is 0 Å². The van der Waals surface area contributed by atoms with Crippen LogP contribution in [-0.2, 0) is 14.3 Å². The minimum Gasteiger partial charge on any atom is -0.444 e. The van der Waals surface area contributed by atoms with Gasteiger partial charge in [-0.15, -0.1) is 0 Å². The first kappa shape index (κ1) is 19.5. The Bertz CT molecular complexity index is 878. The molecule has 0 radical (unpaired) electrons. The summed E-state index contributed by atoms with van der Waals surface area (Å²) in [7, 11) is 0. The van der Waals surface area contributed by atoms with Crippen molar-refractivity contribution >= 4 is 17.6 Å². The lowest BCUT2D eigenvalue weighted by Gasteiger charge is -2.30. The average Bonchev–Trinajstić information content (AvgIpc) is 2.72. The Hall–Kier alpha value is -3.26. The number of ether oxygens (including phenoxy) is 2. The molecule has 0 saturated carbocycles. The molecule has 28 heavy (non-hydrogen) atoms. The minimum absolute atomic E-state index is 0.0601. The normalized spacial score (nSPS) is 15.0. The van der Waals surface area contributed by atoms with Crippen molar-refractivity contribution in [2.45, 2.75) is 13.0 Å². The number of amides is 1. The number of carbonyl (C=O) groups is 2. The Morgan fingerprint density at radius 2 is 1.79 bits per heavy atom. The zero-order valence-electron chi connectivity index (χ0n) is 15.4. The van der Waals surface area contributed by atoms with Crippen LogP contribution in [0, 0.1) is 17.0 Å². The summed E-state index contributed by atoms with van der Waals surface area (Å²) in [6.07, 6.45) is -1.13. The van der Waals surface area contributed by atoms with Crippen molar-refractivity contribution in [3.8, 4) is 0 Å². The summed E-state index contributed by atoms with van der Waals surface area (Å²) in [6.45, 7) is 3.15. The first-order valence-corrected chi connectivity index (χ1v) is 8.85. The predicted molar refractivity (Wildman–Crippen MR) is 99.8 cm³/mol. The van der Waals surface area contributed by atoms with E-state index in [1.807, 2.05) is 0 Å². The van der Waals surface area contributed by atoms with Gasteiger partial charge in [-0.25, -0.2) is 4.79 Å². The highest BCUT2D eigenvalue weighted by Gasteiger charge is 2.31. The number of hydrogen-bond acceptors (Lipinski definition) is 6. The van der Waals surface area contributed by atoms with Gasteiger partial charge in [0.1, 0.15) is 0 Å². The van der Waals surface area contributed by atoms with Gasteiger partial charge in [-0.2, -0.15) is 0 Å². The Morgan fingerprint density at radius 1 is 1.11 bits per heavy atom. The second kappa shape index (κ2) is 8.62. The lowest BCUT2D eigenvalue weighted by molar-refractivity contribution is -0.385. The first-order chi connectivity index (χ1) is 13.5. The summed E-state index contributed by atoms with van der Waals surface area (Å²) in [5.41, 5.74) is 0.619. The summed E-state index contributed by atoms with van der Waals surface area (Å²) in [5.74, 6) is -1.12. The van der Waals surface area contributed by atoms with Crippen LogP contribution in [0.25, 0.3) is 0 Å². The molecule has 1 heterocycles. The van der Waals surface area contributed by atoms with E-state index in [1.54, 1.807) is 35.2 Å². The van der Waals surface area contributed by atoms with E-state index >= 15 is 0 Å². The van der Waals surface area contributed by atoms with E-state index in [2.05, 4.69) is 0 Å². The second-order valence-corrected chi connectivity index (χ2v) is 6.34. The monoisotopic (exact) mass is 384 g/mol. The number of hydrogen-bond donors (Lipinski definition) is 0. The van der Waals surface area contributed by atoms with E-state index in [0.29, 0.717) is 31.9 Å². The molecular formula is C20H20N2O6. The third-order valence-corrected chi connectivity index (χ3v) is 4.60. The van der Waals surface area contributed by atoms with Crippen molar-refractivity contribution in [3.05, 3.63) is 75.3 Å². The smallest absolute Gasteiger partial charge is 0.339 e. The molecular weight excluding hydrogens is 364 g/mol. The second-order valence-electron chi connectivity index (χ2n) is 6.34. The van der Waals surface area contributed by atoms with Crippen LogP contribution in [0.1, 0.15) is 27.6 Å².